The summed E-state index contributed by atoms with van der Waals surface area (Å²) in [6.07, 6.45) is -4.45. The number of carbonyl (C=O) groups is 2. The number of ether oxygens (including phenoxy) is 3. The van der Waals surface area contributed by atoms with Gasteiger partial charge in [-0.3, -0.25) is 0 Å². The van der Waals surface area contributed by atoms with Gasteiger partial charge in [0.05, 0.1) is 0 Å². The van der Waals surface area contributed by atoms with Crippen LogP contribution in [0.4, 0.5) is 13.6 Å². The third-order valence-corrected chi connectivity index (χ3v) is 7.95. The molecule has 1 heterocycles. The van der Waals surface area contributed by atoms with E-state index in [1.165, 1.54) is 6.92 Å². The standard InChI is InChI=1S/C14H13F2O5.C6H5.Bi.H/c1-9-14(15,16)12(20-8-17)11(21-9)7-19-13(18)10-5-3-2-4-6-10;1-2-4-6-5-3-1;;/h2-6,9,11-12H,7H2,1H3;1-5H;;/t9-,11-,12?;;;/m1.../s1. The number of hydrogen-bond donors (Lipinski definition) is 0. The second kappa shape index (κ2) is 9.05. The maximum atomic E-state index is 14.5. The molecule has 0 amide bonds. The van der Waals surface area contributed by atoms with Crippen LogP contribution >= 0.6 is 0 Å². The van der Waals surface area contributed by atoms with E-state index in [1.807, 2.05) is 6.07 Å². The maximum absolute atomic E-state index is 14.5. The van der Waals surface area contributed by atoms with Crippen LogP contribution in [0.15, 0.2) is 60.7 Å². The molecule has 2 aromatic rings. The number of benzene rings is 2. The molecule has 0 saturated carbocycles. The Bertz CT molecular complexity index is 816. The van der Waals surface area contributed by atoms with Gasteiger partial charge in [-0.05, 0) is 0 Å². The van der Waals surface area contributed by atoms with Crippen LogP contribution in [-0.4, -0.2) is 63.7 Å². The normalized spacial score (nSPS) is 23.2. The van der Waals surface area contributed by atoms with Gasteiger partial charge in [0.2, 0.25) is 0 Å². The third kappa shape index (κ3) is 4.92. The number of alkyl halides is 2. The van der Waals surface area contributed by atoms with E-state index < -0.39 is 63.7 Å². The Morgan fingerprint density at radius 3 is 2.32 bits per heavy atom. The zero-order valence-electron chi connectivity index (χ0n) is 15.0. The molecule has 1 aliphatic heterocycles. The monoisotopic (exact) mass is 586 g/mol. The van der Waals surface area contributed by atoms with Crippen molar-refractivity contribution in [2.45, 2.75) is 31.2 Å². The van der Waals surface area contributed by atoms with Crippen LogP contribution < -0.4 is 3.27 Å². The van der Waals surface area contributed by atoms with E-state index in [0.29, 0.717) is 5.56 Å². The van der Waals surface area contributed by atoms with Crippen LogP contribution in [0.2, 0.25) is 0 Å². The molecule has 0 N–H and O–H groups in total. The molecule has 0 aromatic heterocycles. The molecule has 5 nitrogen and oxygen atoms in total. The summed E-state index contributed by atoms with van der Waals surface area (Å²) in [5.74, 6) is -4.01. The number of rotatable bonds is 6. The molecular formula is C20H19BiF2O5. The molecule has 0 bridgehead atoms. The Hall–Kier alpha value is -1.92. The molecule has 1 saturated heterocycles. The predicted octanol–water partition coefficient (Wildman–Crippen LogP) is 2.53. The molecule has 0 spiro atoms. The number of esters is 1. The van der Waals surface area contributed by atoms with Gasteiger partial charge in [-0.1, -0.05) is 0 Å². The predicted molar refractivity (Wildman–Crippen MR) is 99.5 cm³/mol. The summed E-state index contributed by atoms with van der Waals surface area (Å²) in [4.78, 5) is 24.3. The summed E-state index contributed by atoms with van der Waals surface area (Å²) in [7, 11) is 0. The zero-order valence-corrected chi connectivity index (χ0v) is 18.9. The number of halogens is 2. The average molecular weight is 586 g/mol. The summed E-state index contributed by atoms with van der Waals surface area (Å²) in [6, 6.07) is 17.2. The Morgan fingerprint density at radius 1 is 1.07 bits per heavy atom. The fraction of sp³-hybridized carbons (Fsp3) is 0.300. The van der Waals surface area contributed by atoms with E-state index in [4.69, 9.17) is 14.2 Å². The summed E-state index contributed by atoms with van der Waals surface area (Å²) in [5, 5.41) is 0. The first kappa shape index (κ1) is 20.8. The fourth-order valence-electron chi connectivity index (χ4n) is 2.78. The van der Waals surface area contributed by atoms with E-state index in [9.17, 15) is 18.4 Å². The van der Waals surface area contributed by atoms with Gasteiger partial charge in [-0.15, -0.1) is 0 Å². The molecule has 1 fully saturated rings. The molecule has 28 heavy (non-hydrogen) atoms. The van der Waals surface area contributed by atoms with Crippen LogP contribution in [0, 0.1) is 0 Å². The van der Waals surface area contributed by atoms with Crippen molar-refractivity contribution < 1.29 is 32.6 Å². The second-order valence-electron chi connectivity index (χ2n) is 6.27. The van der Waals surface area contributed by atoms with Crippen molar-refractivity contribution in [2.24, 2.45) is 0 Å². The fourth-order valence-corrected chi connectivity index (χ4v) is 5.82. The van der Waals surface area contributed by atoms with Gasteiger partial charge in [0.15, 0.2) is 0 Å². The van der Waals surface area contributed by atoms with Crippen LogP contribution in [0.3, 0.4) is 0 Å². The first-order chi connectivity index (χ1) is 13.4. The molecule has 0 aliphatic carbocycles. The summed E-state index contributed by atoms with van der Waals surface area (Å²) < 4.78 is 44.7. The first-order valence-electron chi connectivity index (χ1n) is 8.66. The van der Waals surface area contributed by atoms with Gasteiger partial charge in [-0.25, -0.2) is 0 Å². The summed E-state index contributed by atoms with van der Waals surface area (Å²) in [5.41, 5.74) is 0.299. The molecule has 148 valence electrons. The second-order valence-corrected chi connectivity index (χ2v) is 11.1. The molecule has 3 atom stereocenters. The molecule has 2 aromatic carbocycles. The average Bonchev–Trinajstić information content (AvgIpc) is 2.90. The topological polar surface area (TPSA) is 61.8 Å². The SMILES string of the molecule is C[C@H]1O[C@H](COC(=O)c2ccccc2)C(O[C](=O)[BiH][c]2ccccc2)C1(F)F. The van der Waals surface area contributed by atoms with Crippen molar-refractivity contribution in [3.8, 4) is 0 Å². The van der Waals surface area contributed by atoms with Crippen LogP contribution in [0.1, 0.15) is 17.3 Å². The van der Waals surface area contributed by atoms with E-state index in [1.54, 1.807) is 54.6 Å². The Balaban J connectivity index is 1.64. The molecule has 3 rings (SSSR count). The van der Waals surface area contributed by atoms with Gasteiger partial charge in [-0.2, -0.15) is 0 Å². The number of hydrogen-bond acceptors (Lipinski definition) is 5. The molecule has 0 radical (unpaired) electrons. The van der Waals surface area contributed by atoms with Crippen LogP contribution in [-0.2, 0) is 14.2 Å². The van der Waals surface area contributed by atoms with Gasteiger partial charge in [0, 0.05) is 0 Å². The molecule has 1 unspecified atom stereocenters. The van der Waals surface area contributed by atoms with Crippen molar-refractivity contribution in [3.63, 3.8) is 0 Å². The minimum atomic E-state index is -3.36. The van der Waals surface area contributed by atoms with Crippen molar-refractivity contribution in [1.29, 1.82) is 0 Å². The van der Waals surface area contributed by atoms with E-state index in [0.717, 1.165) is 3.27 Å². The van der Waals surface area contributed by atoms with Crippen molar-refractivity contribution >= 4 is 36.2 Å². The van der Waals surface area contributed by atoms with Crippen LogP contribution in [0.5, 0.6) is 0 Å². The Morgan fingerprint density at radius 2 is 1.68 bits per heavy atom. The van der Waals surface area contributed by atoms with Crippen molar-refractivity contribution in [3.05, 3.63) is 66.2 Å². The Kier molecular flexibility index (Phi) is 6.73. The quantitative estimate of drug-likeness (QED) is 0.385. The zero-order chi connectivity index (χ0) is 20.1. The van der Waals surface area contributed by atoms with E-state index >= 15 is 0 Å². The Labute approximate surface area is 172 Å². The molecule has 8 heteroatoms. The summed E-state index contributed by atoms with van der Waals surface area (Å²) in [6.45, 7) is 0.782. The number of carbonyl (C=O) groups excluding carboxylic acids is 2. The first-order valence-corrected chi connectivity index (χ1v) is 12.5. The van der Waals surface area contributed by atoms with E-state index in [-0.39, 0.29) is 0 Å². The van der Waals surface area contributed by atoms with Crippen molar-refractivity contribution in [2.75, 3.05) is 6.61 Å². The van der Waals surface area contributed by atoms with Crippen LogP contribution in [0.25, 0.3) is 0 Å². The van der Waals surface area contributed by atoms with Gasteiger partial charge in [0.25, 0.3) is 0 Å². The molecular weight excluding hydrogens is 567 g/mol. The third-order valence-electron chi connectivity index (χ3n) is 4.28. The van der Waals surface area contributed by atoms with E-state index in [2.05, 4.69) is 0 Å². The van der Waals surface area contributed by atoms with Crippen molar-refractivity contribution in [1.82, 2.24) is 0 Å². The molecule has 1 aliphatic rings. The van der Waals surface area contributed by atoms with Gasteiger partial charge < -0.3 is 0 Å². The minimum absolute atomic E-state index is 0.299. The van der Waals surface area contributed by atoms with Gasteiger partial charge >= 0.3 is 173 Å². The summed E-state index contributed by atoms with van der Waals surface area (Å²) >= 11 is -2.10. The van der Waals surface area contributed by atoms with Gasteiger partial charge in [0.1, 0.15) is 0 Å².